The van der Waals surface area contributed by atoms with Gasteiger partial charge in [-0.2, -0.15) is 4.98 Å². The van der Waals surface area contributed by atoms with Crippen LogP contribution in [0, 0.1) is 24.0 Å². The van der Waals surface area contributed by atoms with Crippen LogP contribution in [0.1, 0.15) is 21.7 Å². The molecule has 12 heteroatoms. The smallest absolute Gasteiger partial charge is 0.269 e. The number of non-ortho nitro benzene ring substituents is 1. The van der Waals surface area contributed by atoms with Gasteiger partial charge >= 0.3 is 0 Å². The maximum absolute atomic E-state index is 12.0. The van der Waals surface area contributed by atoms with Crippen LogP contribution >= 0.6 is 11.8 Å². The van der Waals surface area contributed by atoms with Crippen LogP contribution in [-0.4, -0.2) is 42.1 Å². The molecule has 0 saturated heterocycles. The largest absolute Gasteiger partial charge is 0.272 e. The summed E-state index contributed by atoms with van der Waals surface area (Å²) in [6, 6.07) is 6.88. The summed E-state index contributed by atoms with van der Waals surface area (Å²) in [5.41, 5.74) is 6.27. The van der Waals surface area contributed by atoms with Gasteiger partial charge in [0.15, 0.2) is 0 Å². The number of hydrazine groups is 1. The van der Waals surface area contributed by atoms with E-state index in [4.69, 9.17) is 0 Å². The highest BCUT2D eigenvalue weighted by Crippen LogP contribution is 2.15. The number of nitrogens with one attached hydrogen (secondary N) is 2. The standard InChI is InChI=1S/C16H15N7O4S/c1-9-7-10(2)22-15(17-9)18-16(21-22)28-8-13(24)19-20-14(25)11-3-5-12(6-4-11)23(26)27/h3-7H,8H2,1-2H3,(H,19,24)(H,20,25). The van der Waals surface area contributed by atoms with E-state index in [1.807, 2.05) is 19.9 Å². The van der Waals surface area contributed by atoms with E-state index in [0.717, 1.165) is 23.1 Å². The van der Waals surface area contributed by atoms with Gasteiger partial charge in [0, 0.05) is 29.1 Å². The van der Waals surface area contributed by atoms with Crippen LogP contribution in [0.15, 0.2) is 35.5 Å². The Labute approximate surface area is 162 Å². The molecule has 0 aliphatic carbocycles. The second-order valence-corrected chi connectivity index (χ2v) is 6.68. The lowest BCUT2D eigenvalue weighted by atomic mass is 10.2. The van der Waals surface area contributed by atoms with Gasteiger partial charge in [0.1, 0.15) is 0 Å². The van der Waals surface area contributed by atoms with Gasteiger partial charge < -0.3 is 0 Å². The van der Waals surface area contributed by atoms with Crippen molar-refractivity contribution >= 4 is 35.0 Å². The fourth-order valence-corrected chi connectivity index (χ4v) is 2.93. The third kappa shape index (κ3) is 4.40. The number of nitro benzene ring substituents is 1. The Morgan fingerprint density at radius 1 is 1.18 bits per heavy atom. The predicted octanol–water partition coefficient (Wildman–Crippen LogP) is 1.20. The lowest BCUT2D eigenvalue weighted by molar-refractivity contribution is -0.384. The summed E-state index contributed by atoms with van der Waals surface area (Å²) in [5, 5.41) is 15.3. The number of amides is 2. The molecule has 2 aromatic heterocycles. The Bertz CT molecular complexity index is 1060. The SMILES string of the molecule is Cc1cc(C)n2nc(SCC(=O)NNC(=O)c3ccc([N+](=O)[O-])cc3)nc2n1. The number of rotatable bonds is 5. The third-order valence-electron chi connectivity index (χ3n) is 3.59. The van der Waals surface area contributed by atoms with Crippen molar-refractivity contribution in [3.63, 3.8) is 0 Å². The number of thioether (sulfide) groups is 1. The van der Waals surface area contributed by atoms with Gasteiger partial charge in [0.05, 0.1) is 10.7 Å². The minimum atomic E-state index is -0.589. The van der Waals surface area contributed by atoms with Crippen molar-refractivity contribution in [1.82, 2.24) is 30.4 Å². The number of benzene rings is 1. The Hall–Kier alpha value is -3.54. The van der Waals surface area contributed by atoms with Gasteiger partial charge in [-0.3, -0.25) is 30.6 Å². The molecule has 3 aromatic rings. The second kappa shape index (κ2) is 8.00. The number of hydrogen-bond donors (Lipinski definition) is 2. The van der Waals surface area contributed by atoms with Crippen molar-refractivity contribution in [3.8, 4) is 0 Å². The van der Waals surface area contributed by atoms with Crippen molar-refractivity contribution in [2.45, 2.75) is 19.0 Å². The summed E-state index contributed by atoms with van der Waals surface area (Å²) >= 11 is 1.10. The topological polar surface area (TPSA) is 144 Å². The molecule has 3 rings (SSSR count). The Kier molecular flexibility index (Phi) is 5.49. The van der Waals surface area contributed by atoms with Crippen molar-refractivity contribution < 1.29 is 14.5 Å². The van der Waals surface area contributed by atoms with E-state index in [1.54, 1.807) is 4.52 Å². The molecule has 2 N–H and O–H groups in total. The van der Waals surface area contributed by atoms with Crippen molar-refractivity contribution in [1.29, 1.82) is 0 Å². The van der Waals surface area contributed by atoms with Gasteiger partial charge in [0.2, 0.25) is 11.1 Å². The van der Waals surface area contributed by atoms with Crippen molar-refractivity contribution in [2.75, 3.05) is 5.75 Å². The summed E-state index contributed by atoms with van der Waals surface area (Å²) in [4.78, 5) is 42.4. The second-order valence-electron chi connectivity index (χ2n) is 5.74. The van der Waals surface area contributed by atoms with E-state index in [1.165, 1.54) is 24.3 Å². The van der Waals surface area contributed by atoms with Gasteiger partial charge in [-0.1, -0.05) is 11.8 Å². The van der Waals surface area contributed by atoms with Crippen LogP contribution in [0.2, 0.25) is 0 Å². The van der Waals surface area contributed by atoms with E-state index in [-0.39, 0.29) is 17.0 Å². The summed E-state index contributed by atoms with van der Waals surface area (Å²) < 4.78 is 1.59. The van der Waals surface area contributed by atoms with E-state index in [2.05, 4.69) is 25.9 Å². The Morgan fingerprint density at radius 2 is 1.89 bits per heavy atom. The number of carbonyl (C=O) groups is 2. The molecular weight excluding hydrogens is 386 g/mol. The first-order chi connectivity index (χ1) is 13.3. The maximum Gasteiger partial charge on any atom is 0.269 e. The highest BCUT2D eigenvalue weighted by atomic mass is 32.2. The van der Waals surface area contributed by atoms with Crippen LogP contribution in [0.5, 0.6) is 0 Å². The first-order valence-electron chi connectivity index (χ1n) is 8.01. The molecule has 144 valence electrons. The summed E-state index contributed by atoms with van der Waals surface area (Å²) in [5.74, 6) is -0.614. The average Bonchev–Trinajstić information content (AvgIpc) is 3.07. The molecule has 0 saturated carbocycles. The number of hydrogen-bond acceptors (Lipinski definition) is 8. The molecule has 0 unspecified atom stereocenters. The van der Waals surface area contributed by atoms with Crippen molar-refractivity contribution in [2.24, 2.45) is 0 Å². The van der Waals surface area contributed by atoms with Crippen molar-refractivity contribution in [3.05, 3.63) is 57.4 Å². The van der Waals surface area contributed by atoms with Crippen LogP contribution in [-0.2, 0) is 4.79 Å². The molecule has 1 aromatic carbocycles. The zero-order valence-corrected chi connectivity index (χ0v) is 15.7. The molecule has 0 aliphatic heterocycles. The fourth-order valence-electron chi connectivity index (χ4n) is 2.31. The number of aryl methyl sites for hydroxylation is 2. The van der Waals surface area contributed by atoms with Crippen LogP contribution in [0.3, 0.4) is 0 Å². The molecule has 0 fully saturated rings. The molecule has 2 amide bonds. The molecule has 0 spiro atoms. The quantitative estimate of drug-likeness (QED) is 0.369. The van der Waals surface area contributed by atoms with Gasteiger partial charge in [-0.05, 0) is 32.0 Å². The third-order valence-corrected chi connectivity index (χ3v) is 4.42. The minimum absolute atomic E-state index is 0.0184. The fraction of sp³-hybridized carbons (Fsp3) is 0.188. The lowest BCUT2D eigenvalue weighted by Gasteiger charge is -2.06. The van der Waals surface area contributed by atoms with E-state index < -0.39 is 16.7 Å². The summed E-state index contributed by atoms with van der Waals surface area (Å²) in [7, 11) is 0. The zero-order valence-electron chi connectivity index (χ0n) is 14.9. The van der Waals surface area contributed by atoms with Gasteiger partial charge in [0.25, 0.3) is 17.4 Å². The normalized spacial score (nSPS) is 10.6. The van der Waals surface area contributed by atoms with E-state index in [9.17, 15) is 19.7 Å². The molecule has 0 atom stereocenters. The molecule has 28 heavy (non-hydrogen) atoms. The number of aromatic nitrogens is 4. The lowest BCUT2D eigenvalue weighted by Crippen LogP contribution is -2.42. The molecule has 2 heterocycles. The Balaban J connectivity index is 1.52. The number of nitro groups is 1. The number of carbonyl (C=O) groups excluding carboxylic acids is 2. The van der Waals surface area contributed by atoms with E-state index >= 15 is 0 Å². The summed E-state index contributed by atoms with van der Waals surface area (Å²) in [6.07, 6.45) is 0. The highest BCUT2D eigenvalue weighted by molar-refractivity contribution is 7.99. The Morgan fingerprint density at radius 3 is 2.57 bits per heavy atom. The monoisotopic (exact) mass is 401 g/mol. The van der Waals surface area contributed by atoms with Crippen LogP contribution in [0.25, 0.3) is 5.78 Å². The highest BCUT2D eigenvalue weighted by Gasteiger charge is 2.13. The summed E-state index contributed by atoms with van der Waals surface area (Å²) in [6.45, 7) is 3.74. The number of fused-ring (bicyclic) bond motifs is 1. The molecule has 0 aliphatic rings. The first-order valence-corrected chi connectivity index (χ1v) is 8.99. The predicted molar refractivity (Wildman–Crippen MR) is 99.7 cm³/mol. The zero-order chi connectivity index (χ0) is 20.3. The average molecular weight is 401 g/mol. The molecule has 11 nitrogen and oxygen atoms in total. The van der Waals surface area contributed by atoms with Crippen LogP contribution in [0.4, 0.5) is 5.69 Å². The number of nitrogens with zero attached hydrogens (tertiary/aromatic N) is 5. The molecule has 0 bridgehead atoms. The van der Waals surface area contributed by atoms with E-state index in [0.29, 0.717) is 10.9 Å². The van der Waals surface area contributed by atoms with Gasteiger partial charge in [-0.25, -0.2) is 9.50 Å². The first kappa shape index (κ1) is 19.2. The minimum Gasteiger partial charge on any atom is -0.272 e. The molecular formula is C16H15N7O4S. The van der Waals surface area contributed by atoms with Crippen LogP contribution < -0.4 is 10.9 Å². The van der Waals surface area contributed by atoms with Gasteiger partial charge in [-0.15, -0.1) is 5.10 Å². The maximum atomic E-state index is 12.0. The molecule has 0 radical (unpaired) electrons.